The molecule has 1 fully saturated rings. The van der Waals surface area contributed by atoms with Gasteiger partial charge in [-0.3, -0.25) is 10.1 Å². The summed E-state index contributed by atoms with van der Waals surface area (Å²) in [4.78, 5) is 23.5. The molecule has 1 saturated heterocycles. The molecule has 2 rings (SSSR count). The lowest BCUT2D eigenvalue weighted by atomic mass is 10.1. The number of methoxy groups -OCH3 is 1. The number of aryl methyl sites for hydroxylation is 1. The summed E-state index contributed by atoms with van der Waals surface area (Å²) in [5.74, 6) is 1.07. The lowest BCUT2D eigenvalue weighted by molar-refractivity contribution is -0.117. The molecule has 1 aromatic rings. The van der Waals surface area contributed by atoms with Crippen LogP contribution in [0.25, 0.3) is 0 Å². The Hall–Kier alpha value is -1.53. The van der Waals surface area contributed by atoms with Crippen molar-refractivity contribution in [3.8, 4) is 0 Å². The van der Waals surface area contributed by atoms with E-state index in [4.69, 9.17) is 0 Å². The zero-order chi connectivity index (χ0) is 13.8. The van der Waals surface area contributed by atoms with E-state index in [2.05, 4.69) is 15.4 Å². The van der Waals surface area contributed by atoms with Crippen LogP contribution in [-0.2, 0) is 9.53 Å². The van der Waals surface area contributed by atoms with Crippen LogP contribution in [0.5, 0.6) is 0 Å². The number of thioether (sulfide) groups is 1. The van der Waals surface area contributed by atoms with Gasteiger partial charge in [0, 0.05) is 17.3 Å². The first-order valence-corrected chi connectivity index (χ1v) is 7.08. The maximum Gasteiger partial charge on any atom is 0.337 e. The Balaban J connectivity index is 2.14. The maximum atomic E-state index is 12.0. The van der Waals surface area contributed by atoms with Crippen molar-refractivity contribution < 1.29 is 14.3 Å². The molecule has 19 heavy (non-hydrogen) atoms. The minimum atomic E-state index is -0.412. The molecule has 5 nitrogen and oxygen atoms in total. The number of rotatable bonds is 3. The third-order valence-electron chi connectivity index (χ3n) is 2.95. The number of nitrogens with one attached hydrogen (secondary N) is 2. The van der Waals surface area contributed by atoms with E-state index < -0.39 is 5.97 Å². The van der Waals surface area contributed by atoms with E-state index in [1.807, 2.05) is 6.92 Å². The molecule has 0 spiro atoms. The molecular weight excluding hydrogens is 264 g/mol. The predicted octanol–water partition coefficient (Wildman–Crippen LogP) is 1.38. The summed E-state index contributed by atoms with van der Waals surface area (Å²) in [6, 6.07) is 4.94. The van der Waals surface area contributed by atoms with Crippen molar-refractivity contribution in [2.24, 2.45) is 0 Å². The standard InChI is InChI=1S/C13H16N2O3S/c1-8-3-4-9(13(17)18-2)5-10(8)15-12(16)11-6-19-7-14-11/h3-5,11,14H,6-7H2,1-2H3,(H,15,16). The van der Waals surface area contributed by atoms with Crippen LogP contribution in [0, 0.1) is 6.92 Å². The average Bonchev–Trinajstić information content (AvgIpc) is 2.94. The third kappa shape index (κ3) is 3.27. The van der Waals surface area contributed by atoms with Crippen molar-refractivity contribution in [3.05, 3.63) is 29.3 Å². The highest BCUT2D eigenvalue weighted by Gasteiger charge is 2.23. The Morgan fingerprint density at radius 3 is 2.89 bits per heavy atom. The summed E-state index contributed by atoms with van der Waals surface area (Å²) in [6.45, 7) is 1.88. The van der Waals surface area contributed by atoms with Crippen LogP contribution < -0.4 is 10.6 Å². The summed E-state index contributed by atoms with van der Waals surface area (Å²) < 4.78 is 4.67. The van der Waals surface area contributed by atoms with E-state index in [0.717, 1.165) is 17.2 Å². The largest absolute Gasteiger partial charge is 0.465 e. The summed E-state index contributed by atoms with van der Waals surface area (Å²) in [7, 11) is 1.33. The van der Waals surface area contributed by atoms with Crippen LogP contribution in [-0.4, -0.2) is 36.7 Å². The number of hydrogen-bond donors (Lipinski definition) is 2. The molecule has 1 unspecified atom stereocenters. The van der Waals surface area contributed by atoms with Crippen molar-refractivity contribution in [2.75, 3.05) is 24.1 Å². The predicted molar refractivity (Wildman–Crippen MR) is 75.4 cm³/mol. The maximum absolute atomic E-state index is 12.0. The highest BCUT2D eigenvalue weighted by Crippen LogP contribution is 2.19. The van der Waals surface area contributed by atoms with Gasteiger partial charge in [-0.15, -0.1) is 11.8 Å². The fourth-order valence-electron chi connectivity index (χ4n) is 1.78. The Morgan fingerprint density at radius 1 is 1.47 bits per heavy atom. The normalized spacial score (nSPS) is 18.1. The van der Waals surface area contributed by atoms with Crippen LogP contribution in [0.1, 0.15) is 15.9 Å². The summed E-state index contributed by atoms with van der Waals surface area (Å²) in [6.07, 6.45) is 0. The van der Waals surface area contributed by atoms with Gasteiger partial charge in [-0.2, -0.15) is 0 Å². The lowest BCUT2D eigenvalue weighted by Crippen LogP contribution is -2.37. The molecule has 0 bridgehead atoms. The molecule has 0 aliphatic carbocycles. The van der Waals surface area contributed by atoms with Gasteiger partial charge in [-0.05, 0) is 24.6 Å². The van der Waals surface area contributed by atoms with E-state index in [9.17, 15) is 9.59 Å². The first-order valence-electron chi connectivity index (χ1n) is 5.93. The van der Waals surface area contributed by atoms with Gasteiger partial charge >= 0.3 is 5.97 Å². The molecular formula is C13H16N2O3S. The van der Waals surface area contributed by atoms with Crippen molar-refractivity contribution in [1.29, 1.82) is 0 Å². The summed E-state index contributed by atoms with van der Waals surface area (Å²) >= 11 is 1.69. The molecule has 1 aromatic carbocycles. The molecule has 1 amide bonds. The number of esters is 1. The number of carbonyl (C=O) groups excluding carboxylic acids is 2. The van der Waals surface area contributed by atoms with Crippen molar-refractivity contribution in [3.63, 3.8) is 0 Å². The minimum absolute atomic E-state index is 0.0740. The van der Waals surface area contributed by atoms with Crippen molar-refractivity contribution in [1.82, 2.24) is 5.32 Å². The van der Waals surface area contributed by atoms with Crippen LogP contribution in [0.3, 0.4) is 0 Å². The highest BCUT2D eigenvalue weighted by atomic mass is 32.2. The van der Waals surface area contributed by atoms with Gasteiger partial charge in [0.1, 0.15) is 0 Å². The number of hydrogen-bond acceptors (Lipinski definition) is 5. The van der Waals surface area contributed by atoms with Crippen LogP contribution in [0.4, 0.5) is 5.69 Å². The quantitative estimate of drug-likeness (QED) is 0.819. The molecule has 6 heteroatoms. The van der Waals surface area contributed by atoms with E-state index in [1.54, 1.807) is 30.0 Å². The Kier molecular flexibility index (Phi) is 4.44. The molecule has 0 aromatic heterocycles. The van der Waals surface area contributed by atoms with E-state index in [0.29, 0.717) is 11.3 Å². The van der Waals surface area contributed by atoms with E-state index >= 15 is 0 Å². The number of carbonyl (C=O) groups is 2. The topological polar surface area (TPSA) is 67.4 Å². The summed E-state index contributed by atoms with van der Waals surface area (Å²) in [5.41, 5.74) is 1.98. The zero-order valence-corrected chi connectivity index (χ0v) is 11.7. The monoisotopic (exact) mass is 280 g/mol. The Bertz CT molecular complexity index is 499. The molecule has 1 atom stereocenters. The molecule has 0 radical (unpaired) electrons. The van der Waals surface area contributed by atoms with Crippen LogP contribution in [0.15, 0.2) is 18.2 Å². The molecule has 1 aliphatic rings. The number of amides is 1. The minimum Gasteiger partial charge on any atom is -0.465 e. The molecule has 1 heterocycles. The second-order valence-electron chi connectivity index (χ2n) is 4.28. The first kappa shape index (κ1) is 13.9. The summed E-state index contributed by atoms with van der Waals surface area (Å²) in [5, 5.41) is 5.95. The number of anilines is 1. The van der Waals surface area contributed by atoms with Crippen molar-refractivity contribution in [2.45, 2.75) is 13.0 Å². The first-order chi connectivity index (χ1) is 9.11. The zero-order valence-electron chi connectivity index (χ0n) is 10.9. The fraction of sp³-hybridized carbons (Fsp3) is 0.385. The molecule has 102 valence electrons. The second kappa shape index (κ2) is 6.08. The van der Waals surface area contributed by atoms with Gasteiger partial charge in [-0.25, -0.2) is 4.79 Å². The lowest BCUT2D eigenvalue weighted by Gasteiger charge is -2.13. The number of ether oxygens (including phenoxy) is 1. The molecule has 1 aliphatic heterocycles. The van der Waals surface area contributed by atoms with Crippen LogP contribution >= 0.6 is 11.8 Å². The van der Waals surface area contributed by atoms with E-state index in [1.165, 1.54) is 7.11 Å². The van der Waals surface area contributed by atoms with Gasteiger partial charge in [0.05, 0.1) is 18.7 Å². The smallest absolute Gasteiger partial charge is 0.337 e. The van der Waals surface area contributed by atoms with Gasteiger partial charge in [0.2, 0.25) is 5.91 Å². The van der Waals surface area contributed by atoms with Gasteiger partial charge in [-0.1, -0.05) is 6.07 Å². The van der Waals surface area contributed by atoms with E-state index in [-0.39, 0.29) is 11.9 Å². The second-order valence-corrected chi connectivity index (χ2v) is 5.31. The highest BCUT2D eigenvalue weighted by molar-refractivity contribution is 7.99. The van der Waals surface area contributed by atoms with Crippen molar-refractivity contribution >= 4 is 29.3 Å². The molecule has 2 N–H and O–H groups in total. The average molecular weight is 280 g/mol. The number of benzene rings is 1. The fourth-order valence-corrected chi connectivity index (χ4v) is 2.73. The Labute approximate surface area is 116 Å². The Morgan fingerprint density at radius 2 is 2.26 bits per heavy atom. The third-order valence-corrected chi connectivity index (χ3v) is 3.89. The van der Waals surface area contributed by atoms with Gasteiger partial charge in [0.15, 0.2) is 0 Å². The van der Waals surface area contributed by atoms with Gasteiger partial charge < -0.3 is 10.1 Å². The van der Waals surface area contributed by atoms with Crippen LogP contribution in [0.2, 0.25) is 0 Å². The SMILES string of the molecule is COC(=O)c1ccc(C)c(NC(=O)C2CSCN2)c1. The molecule has 0 saturated carbocycles. The van der Waals surface area contributed by atoms with Gasteiger partial charge in [0.25, 0.3) is 0 Å².